The average molecular weight is 353 g/mol. The summed E-state index contributed by atoms with van der Waals surface area (Å²) in [7, 11) is 0. The van der Waals surface area contributed by atoms with Crippen molar-refractivity contribution in [1.82, 2.24) is 4.90 Å². The molecule has 0 spiro atoms. The van der Waals surface area contributed by atoms with E-state index in [0.717, 1.165) is 24.5 Å². The van der Waals surface area contributed by atoms with E-state index in [1.807, 2.05) is 45.0 Å². The largest absolute Gasteiger partial charge is 0.444 e. The molecule has 0 bridgehead atoms. The highest BCUT2D eigenvalue weighted by atomic mass is 35.5. The van der Waals surface area contributed by atoms with Gasteiger partial charge in [0.15, 0.2) is 0 Å². The van der Waals surface area contributed by atoms with Crippen LogP contribution in [0.2, 0.25) is 0 Å². The van der Waals surface area contributed by atoms with Crippen LogP contribution in [0.5, 0.6) is 0 Å². The molecular formula is C17H25ClN4O2. The van der Waals surface area contributed by atoms with Crippen LogP contribution in [0.25, 0.3) is 0 Å². The molecule has 1 aromatic rings. The molecule has 7 heteroatoms. The number of rotatable bonds is 3. The van der Waals surface area contributed by atoms with Crippen LogP contribution in [0.3, 0.4) is 0 Å². The number of amidine groups is 1. The summed E-state index contributed by atoms with van der Waals surface area (Å²) < 4.78 is 5.41. The zero-order chi connectivity index (χ0) is 17.7. The van der Waals surface area contributed by atoms with E-state index >= 15 is 0 Å². The molecule has 0 radical (unpaired) electrons. The molecule has 6 nitrogen and oxygen atoms in total. The first-order valence-corrected chi connectivity index (χ1v) is 8.54. The number of nitrogens with zero attached hydrogens (tertiary/aromatic N) is 3. The SMILES string of the molecule is CC(C)(C)OC(=O)N1CCN(c2ccc(N=C(N)CCl)cc2)CC1. The molecule has 0 saturated carbocycles. The minimum Gasteiger partial charge on any atom is -0.444 e. The predicted molar refractivity (Wildman–Crippen MR) is 98.5 cm³/mol. The van der Waals surface area contributed by atoms with Crippen LogP contribution in [0.1, 0.15) is 20.8 Å². The Bertz CT molecular complexity index is 588. The van der Waals surface area contributed by atoms with Crippen molar-refractivity contribution in [3.05, 3.63) is 24.3 Å². The van der Waals surface area contributed by atoms with Crippen LogP contribution in [-0.2, 0) is 4.74 Å². The van der Waals surface area contributed by atoms with E-state index in [0.29, 0.717) is 18.9 Å². The van der Waals surface area contributed by atoms with E-state index in [1.54, 1.807) is 4.90 Å². The summed E-state index contributed by atoms with van der Waals surface area (Å²) in [5, 5.41) is 0. The van der Waals surface area contributed by atoms with Gasteiger partial charge in [0, 0.05) is 31.9 Å². The maximum atomic E-state index is 12.1. The van der Waals surface area contributed by atoms with Crippen molar-refractivity contribution < 1.29 is 9.53 Å². The maximum absolute atomic E-state index is 12.1. The van der Waals surface area contributed by atoms with E-state index in [4.69, 9.17) is 22.1 Å². The number of aliphatic imine (C=N–C) groups is 1. The quantitative estimate of drug-likeness (QED) is 0.515. The van der Waals surface area contributed by atoms with Crippen LogP contribution in [0.15, 0.2) is 29.3 Å². The third kappa shape index (κ3) is 5.30. The number of halogens is 1. The zero-order valence-electron chi connectivity index (χ0n) is 14.5. The average Bonchev–Trinajstić information content (AvgIpc) is 2.54. The van der Waals surface area contributed by atoms with Crippen molar-refractivity contribution in [2.45, 2.75) is 26.4 Å². The van der Waals surface area contributed by atoms with E-state index < -0.39 is 5.60 Å². The van der Waals surface area contributed by atoms with Crippen molar-refractivity contribution in [3.8, 4) is 0 Å². The van der Waals surface area contributed by atoms with Gasteiger partial charge in [-0.05, 0) is 45.0 Å². The highest BCUT2D eigenvalue weighted by Gasteiger charge is 2.25. The number of amides is 1. The molecule has 0 aliphatic carbocycles. The van der Waals surface area contributed by atoms with Crippen LogP contribution >= 0.6 is 11.6 Å². The first kappa shape index (κ1) is 18.4. The predicted octanol–water partition coefficient (Wildman–Crippen LogP) is 2.97. The summed E-state index contributed by atoms with van der Waals surface area (Å²) in [5.74, 6) is 0.615. The number of hydrogen-bond acceptors (Lipinski definition) is 4. The second-order valence-electron chi connectivity index (χ2n) is 6.71. The molecule has 24 heavy (non-hydrogen) atoms. The summed E-state index contributed by atoms with van der Waals surface area (Å²) in [6, 6.07) is 7.83. The molecule has 0 atom stereocenters. The lowest BCUT2D eigenvalue weighted by atomic mass is 10.2. The van der Waals surface area contributed by atoms with Crippen molar-refractivity contribution in [2.24, 2.45) is 10.7 Å². The molecule has 1 fully saturated rings. The molecule has 0 aromatic heterocycles. The van der Waals surface area contributed by atoms with Crippen LogP contribution in [0, 0.1) is 0 Å². The number of ether oxygens (including phenoxy) is 1. The van der Waals surface area contributed by atoms with Crippen LogP contribution in [0.4, 0.5) is 16.2 Å². The summed E-state index contributed by atoms with van der Waals surface area (Å²) in [4.78, 5) is 20.3. The number of piperazine rings is 1. The number of anilines is 1. The summed E-state index contributed by atoms with van der Waals surface area (Å²) in [5.41, 5.74) is 7.05. The van der Waals surface area contributed by atoms with Gasteiger partial charge in [0.1, 0.15) is 11.4 Å². The van der Waals surface area contributed by atoms with Crippen molar-refractivity contribution in [2.75, 3.05) is 37.0 Å². The Morgan fingerprint density at radius 1 is 1.21 bits per heavy atom. The highest BCUT2D eigenvalue weighted by molar-refractivity contribution is 6.28. The molecule has 1 aliphatic rings. The maximum Gasteiger partial charge on any atom is 0.410 e. The Morgan fingerprint density at radius 3 is 2.29 bits per heavy atom. The monoisotopic (exact) mass is 352 g/mol. The van der Waals surface area contributed by atoms with Crippen LogP contribution in [-0.4, -0.2) is 54.5 Å². The van der Waals surface area contributed by atoms with E-state index in [2.05, 4.69) is 9.89 Å². The lowest BCUT2D eigenvalue weighted by Crippen LogP contribution is -2.50. The fourth-order valence-corrected chi connectivity index (χ4v) is 2.47. The second kappa shape index (κ2) is 7.75. The number of alkyl halides is 1. The topological polar surface area (TPSA) is 71.2 Å². The Kier molecular flexibility index (Phi) is 5.94. The van der Waals surface area contributed by atoms with Gasteiger partial charge in [-0.2, -0.15) is 0 Å². The fourth-order valence-electron chi connectivity index (χ4n) is 2.41. The van der Waals surface area contributed by atoms with E-state index in [9.17, 15) is 4.79 Å². The lowest BCUT2D eigenvalue weighted by molar-refractivity contribution is 0.0240. The van der Waals surface area contributed by atoms with Gasteiger partial charge in [0.05, 0.1) is 11.6 Å². The normalized spacial score (nSPS) is 16.2. The molecule has 132 valence electrons. The van der Waals surface area contributed by atoms with Gasteiger partial charge in [-0.1, -0.05) is 0 Å². The zero-order valence-corrected chi connectivity index (χ0v) is 15.2. The number of hydrogen-bond donors (Lipinski definition) is 1. The Hall–Kier alpha value is -1.95. The molecule has 1 heterocycles. The van der Waals surface area contributed by atoms with Crippen molar-refractivity contribution in [3.63, 3.8) is 0 Å². The Morgan fingerprint density at radius 2 is 1.79 bits per heavy atom. The number of carbonyl (C=O) groups is 1. The lowest BCUT2D eigenvalue weighted by Gasteiger charge is -2.36. The standard InChI is InChI=1S/C17H25ClN4O2/c1-17(2,3)24-16(23)22-10-8-21(9-11-22)14-6-4-13(5-7-14)20-15(19)12-18/h4-7H,8-12H2,1-3H3,(H2,19,20). The number of nitrogens with two attached hydrogens (primary N) is 1. The summed E-state index contributed by atoms with van der Waals surface area (Å²) >= 11 is 5.63. The third-order valence-corrected chi connectivity index (χ3v) is 3.83. The third-order valence-electron chi connectivity index (χ3n) is 3.56. The molecular weight excluding hydrogens is 328 g/mol. The van der Waals surface area contributed by atoms with Gasteiger partial charge >= 0.3 is 6.09 Å². The van der Waals surface area contributed by atoms with E-state index in [-0.39, 0.29) is 12.0 Å². The first-order valence-electron chi connectivity index (χ1n) is 8.00. The van der Waals surface area contributed by atoms with Gasteiger partial charge in [0.25, 0.3) is 0 Å². The molecule has 2 N–H and O–H groups in total. The molecule has 1 aromatic carbocycles. The molecule has 1 saturated heterocycles. The van der Waals surface area contributed by atoms with Crippen LogP contribution < -0.4 is 10.6 Å². The fraction of sp³-hybridized carbons (Fsp3) is 0.529. The molecule has 2 rings (SSSR count). The summed E-state index contributed by atoms with van der Waals surface area (Å²) in [6.45, 7) is 8.46. The first-order chi connectivity index (χ1) is 11.3. The molecule has 1 amide bonds. The number of carbonyl (C=O) groups excluding carboxylic acids is 1. The Labute approximate surface area is 148 Å². The minimum atomic E-state index is -0.463. The van der Waals surface area contributed by atoms with Gasteiger partial charge in [0.2, 0.25) is 0 Å². The number of benzene rings is 1. The summed E-state index contributed by atoms with van der Waals surface area (Å²) in [6.07, 6.45) is -0.247. The minimum absolute atomic E-state index is 0.217. The van der Waals surface area contributed by atoms with Gasteiger partial charge in [-0.15, -0.1) is 11.6 Å². The smallest absolute Gasteiger partial charge is 0.410 e. The molecule has 1 aliphatic heterocycles. The van der Waals surface area contributed by atoms with Crippen molar-refractivity contribution >= 4 is 34.9 Å². The highest BCUT2D eigenvalue weighted by Crippen LogP contribution is 2.21. The van der Waals surface area contributed by atoms with E-state index in [1.165, 1.54) is 0 Å². The second-order valence-corrected chi connectivity index (χ2v) is 6.97. The Balaban J connectivity index is 1.91. The molecule has 0 unspecified atom stereocenters. The van der Waals surface area contributed by atoms with Gasteiger partial charge in [-0.3, -0.25) is 0 Å². The van der Waals surface area contributed by atoms with Gasteiger partial charge < -0.3 is 20.3 Å². The van der Waals surface area contributed by atoms with Gasteiger partial charge in [-0.25, -0.2) is 9.79 Å². The van der Waals surface area contributed by atoms with Crippen molar-refractivity contribution in [1.29, 1.82) is 0 Å².